The monoisotopic (exact) mass is 487 g/mol. The van der Waals surface area contributed by atoms with Crippen molar-refractivity contribution in [3.8, 4) is 0 Å². The van der Waals surface area contributed by atoms with Crippen molar-refractivity contribution in [2.24, 2.45) is 0 Å². The first-order chi connectivity index (χ1) is 15.8. The molecule has 34 heavy (non-hydrogen) atoms. The van der Waals surface area contributed by atoms with Gasteiger partial charge in [0.1, 0.15) is 0 Å². The highest BCUT2D eigenvalue weighted by Gasteiger charge is 2.26. The van der Waals surface area contributed by atoms with E-state index in [-0.39, 0.29) is 35.5 Å². The smallest absolute Gasteiger partial charge is 0.254 e. The third kappa shape index (κ3) is 6.88. The van der Waals surface area contributed by atoms with Crippen LogP contribution in [-0.4, -0.2) is 56.0 Å². The van der Waals surface area contributed by atoms with Crippen molar-refractivity contribution in [2.45, 2.75) is 63.8 Å². The molecule has 0 bridgehead atoms. The predicted molar refractivity (Wildman–Crippen MR) is 130 cm³/mol. The summed E-state index contributed by atoms with van der Waals surface area (Å²) in [4.78, 5) is 27.2. The molecule has 1 fully saturated rings. The van der Waals surface area contributed by atoms with Gasteiger partial charge in [-0.3, -0.25) is 9.59 Å². The Morgan fingerprint density at radius 1 is 0.941 bits per heavy atom. The first kappa shape index (κ1) is 25.9. The maximum Gasteiger partial charge on any atom is 0.254 e. The molecule has 2 atom stereocenters. The molecule has 9 heteroatoms. The Morgan fingerprint density at radius 2 is 1.47 bits per heavy atom. The molecule has 1 saturated heterocycles. The van der Waals surface area contributed by atoms with Crippen LogP contribution in [0.25, 0.3) is 0 Å². The fourth-order valence-electron chi connectivity index (χ4n) is 3.82. The van der Waals surface area contributed by atoms with E-state index in [0.717, 1.165) is 5.56 Å². The molecular formula is C25H33N3O5S. The molecule has 0 saturated carbocycles. The average molecular weight is 488 g/mol. The van der Waals surface area contributed by atoms with Gasteiger partial charge in [0.05, 0.1) is 17.1 Å². The molecule has 0 spiro atoms. The maximum absolute atomic E-state index is 12.8. The minimum Gasteiger partial charge on any atom is -0.372 e. The van der Waals surface area contributed by atoms with Gasteiger partial charge >= 0.3 is 0 Å². The number of carbonyl (C=O) groups excluding carboxylic acids is 2. The topological polar surface area (TPSA) is 105 Å². The number of amides is 2. The van der Waals surface area contributed by atoms with Gasteiger partial charge in [0, 0.05) is 36.3 Å². The van der Waals surface area contributed by atoms with E-state index in [1.54, 1.807) is 37.8 Å². The Bertz CT molecular complexity index is 1110. The lowest BCUT2D eigenvalue weighted by Gasteiger charge is -2.35. The normalized spacial score (nSPS) is 19.0. The van der Waals surface area contributed by atoms with E-state index in [1.807, 2.05) is 26.0 Å². The van der Waals surface area contributed by atoms with E-state index in [9.17, 15) is 18.0 Å². The minimum absolute atomic E-state index is 0.00566. The second-order valence-corrected chi connectivity index (χ2v) is 11.4. The maximum atomic E-state index is 12.8. The number of hydrogen-bond donors (Lipinski definition) is 2. The third-order valence-electron chi connectivity index (χ3n) is 5.23. The van der Waals surface area contributed by atoms with Crippen molar-refractivity contribution in [1.82, 2.24) is 14.9 Å². The van der Waals surface area contributed by atoms with Gasteiger partial charge in [-0.05, 0) is 76.6 Å². The highest BCUT2D eigenvalue weighted by Crippen LogP contribution is 2.16. The third-order valence-corrected chi connectivity index (χ3v) is 7.00. The van der Waals surface area contributed by atoms with Crippen LogP contribution >= 0.6 is 0 Å². The fourth-order valence-corrected chi connectivity index (χ4v) is 5.24. The van der Waals surface area contributed by atoms with E-state index in [0.29, 0.717) is 24.2 Å². The van der Waals surface area contributed by atoms with Gasteiger partial charge in [0.25, 0.3) is 11.8 Å². The number of hydrogen-bond acceptors (Lipinski definition) is 5. The molecular weight excluding hydrogens is 454 g/mol. The molecule has 1 aliphatic rings. The van der Waals surface area contributed by atoms with Crippen LogP contribution in [0, 0.1) is 0 Å². The number of nitrogens with one attached hydrogen (secondary N) is 2. The lowest BCUT2D eigenvalue weighted by Crippen LogP contribution is -2.48. The SMILES string of the molecule is CC1CN(C(=O)c2ccc(CNC(=O)c3ccc(S(=O)(=O)NC(C)(C)C)cc3)cc2)CC(C)O1. The van der Waals surface area contributed by atoms with Gasteiger partial charge < -0.3 is 15.0 Å². The van der Waals surface area contributed by atoms with E-state index >= 15 is 0 Å². The molecule has 2 unspecified atom stereocenters. The van der Waals surface area contributed by atoms with E-state index in [1.165, 1.54) is 24.3 Å². The largest absolute Gasteiger partial charge is 0.372 e. The molecule has 8 nitrogen and oxygen atoms in total. The second kappa shape index (κ2) is 10.2. The molecule has 2 N–H and O–H groups in total. The lowest BCUT2D eigenvalue weighted by atomic mass is 10.1. The standard InChI is InChI=1S/C25H33N3O5S/c1-17-15-28(16-18(2)33-17)24(30)21-8-6-19(7-9-21)14-26-23(29)20-10-12-22(13-11-20)34(31,32)27-25(3,4)5/h6-13,17-18,27H,14-16H2,1-5H3,(H,26,29). The first-order valence-corrected chi connectivity index (χ1v) is 12.8. The summed E-state index contributed by atoms with van der Waals surface area (Å²) in [6.07, 6.45) is 0.0113. The van der Waals surface area contributed by atoms with Gasteiger partial charge in [-0.25, -0.2) is 13.1 Å². The molecule has 0 radical (unpaired) electrons. The number of nitrogens with zero attached hydrogens (tertiary/aromatic N) is 1. The number of morpholine rings is 1. The molecule has 3 rings (SSSR count). The Morgan fingerprint density at radius 3 is 2.00 bits per heavy atom. The molecule has 1 heterocycles. The molecule has 1 aliphatic heterocycles. The summed E-state index contributed by atoms with van der Waals surface area (Å²) in [6.45, 7) is 10.6. The van der Waals surface area contributed by atoms with Gasteiger partial charge in [-0.2, -0.15) is 0 Å². The summed E-state index contributed by atoms with van der Waals surface area (Å²) in [7, 11) is -3.66. The Balaban J connectivity index is 1.57. The zero-order chi connectivity index (χ0) is 25.1. The van der Waals surface area contributed by atoms with Crippen LogP contribution in [0.4, 0.5) is 0 Å². The zero-order valence-corrected chi connectivity index (χ0v) is 21.1. The molecule has 2 aromatic rings. The van der Waals surface area contributed by atoms with Crippen LogP contribution in [-0.2, 0) is 21.3 Å². The molecule has 2 aromatic carbocycles. The number of rotatable bonds is 6. The van der Waals surface area contributed by atoms with Crippen molar-refractivity contribution < 1.29 is 22.7 Å². The molecule has 2 amide bonds. The highest BCUT2D eigenvalue weighted by atomic mass is 32.2. The number of sulfonamides is 1. The summed E-state index contributed by atoms with van der Waals surface area (Å²) in [5.41, 5.74) is 1.20. The van der Waals surface area contributed by atoms with Crippen LogP contribution < -0.4 is 10.0 Å². The Kier molecular flexibility index (Phi) is 7.80. The van der Waals surface area contributed by atoms with Crippen molar-refractivity contribution in [3.05, 3.63) is 65.2 Å². The van der Waals surface area contributed by atoms with E-state index in [4.69, 9.17) is 4.74 Å². The van der Waals surface area contributed by atoms with Gasteiger partial charge in [0.15, 0.2) is 0 Å². The second-order valence-electron chi connectivity index (χ2n) is 9.73. The lowest BCUT2D eigenvalue weighted by molar-refractivity contribution is -0.0586. The summed E-state index contributed by atoms with van der Waals surface area (Å²) >= 11 is 0. The number of benzene rings is 2. The predicted octanol–water partition coefficient (Wildman–Crippen LogP) is 2.94. The van der Waals surface area contributed by atoms with Crippen molar-refractivity contribution in [3.63, 3.8) is 0 Å². The summed E-state index contributed by atoms with van der Waals surface area (Å²) in [5, 5.41) is 2.82. The Labute approximate surface area is 201 Å². The molecule has 184 valence electrons. The van der Waals surface area contributed by atoms with E-state index < -0.39 is 15.6 Å². The first-order valence-electron chi connectivity index (χ1n) is 11.3. The van der Waals surface area contributed by atoms with E-state index in [2.05, 4.69) is 10.0 Å². The highest BCUT2D eigenvalue weighted by molar-refractivity contribution is 7.89. The number of ether oxygens (including phenoxy) is 1. The van der Waals surface area contributed by atoms with Crippen LogP contribution in [0.1, 0.15) is 60.9 Å². The zero-order valence-electron chi connectivity index (χ0n) is 20.3. The molecule has 0 aliphatic carbocycles. The van der Waals surface area contributed by atoms with Crippen LogP contribution in [0.5, 0.6) is 0 Å². The van der Waals surface area contributed by atoms with Gasteiger partial charge in [-0.15, -0.1) is 0 Å². The van der Waals surface area contributed by atoms with Crippen LogP contribution in [0.15, 0.2) is 53.4 Å². The average Bonchev–Trinajstić information content (AvgIpc) is 2.75. The summed E-state index contributed by atoms with van der Waals surface area (Å²) in [6, 6.07) is 12.9. The molecule has 0 aromatic heterocycles. The number of carbonyl (C=O) groups is 2. The van der Waals surface area contributed by atoms with Gasteiger partial charge in [-0.1, -0.05) is 12.1 Å². The minimum atomic E-state index is -3.66. The van der Waals surface area contributed by atoms with Crippen molar-refractivity contribution >= 4 is 21.8 Å². The fraction of sp³-hybridized carbons (Fsp3) is 0.440. The van der Waals surface area contributed by atoms with Crippen LogP contribution in [0.3, 0.4) is 0 Å². The Hall–Kier alpha value is -2.75. The van der Waals surface area contributed by atoms with Crippen LogP contribution in [0.2, 0.25) is 0 Å². The quantitative estimate of drug-likeness (QED) is 0.652. The summed E-state index contributed by atoms with van der Waals surface area (Å²) < 4.78 is 33.1. The van der Waals surface area contributed by atoms with Crippen molar-refractivity contribution in [1.29, 1.82) is 0 Å². The summed E-state index contributed by atoms with van der Waals surface area (Å²) in [5.74, 6) is -0.349. The van der Waals surface area contributed by atoms with Gasteiger partial charge in [0.2, 0.25) is 10.0 Å². The van der Waals surface area contributed by atoms with Crippen molar-refractivity contribution in [2.75, 3.05) is 13.1 Å².